The van der Waals surface area contributed by atoms with E-state index in [0.717, 1.165) is 38.0 Å². The minimum atomic E-state index is -0.531. The molecule has 0 bridgehead atoms. The van der Waals surface area contributed by atoms with Gasteiger partial charge >= 0.3 is 0 Å². The normalized spacial score (nSPS) is 19.9. The van der Waals surface area contributed by atoms with Crippen molar-refractivity contribution >= 4 is 17.5 Å². The summed E-state index contributed by atoms with van der Waals surface area (Å²) in [5, 5.41) is 14.4. The maximum atomic E-state index is 13.7. The van der Waals surface area contributed by atoms with Gasteiger partial charge in [-0.05, 0) is 36.9 Å². The van der Waals surface area contributed by atoms with Crippen molar-refractivity contribution in [3.05, 3.63) is 75.8 Å². The Morgan fingerprint density at radius 2 is 1.84 bits per heavy atom. The SMILES string of the molecule is COCC(=O)N1CC(N(CCc2ccccc2)Cc2ccc([N+](=O)[O-])cc2)CC1C(=O)N1CCCNCC1. The third-order valence-electron chi connectivity index (χ3n) is 7.38. The fourth-order valence-corrected chi connectivity index (χ4v) is 5.34. The lowest BCUT2D eigenvalue weighted by atomic mass is 10.1. The van der Waals surface area contributed by atoms with Crippen molar-refractivity contribution in [2.24, 2.45) is 0 Å². The number of carbonyl (C=O) groups is 2. The number of benzene rings is 2. The number of likely N-dealkylation sites (tertiary alicyclic amines) is 1. The second-order valence-electron chi connectivity index (χ2n) is 9.94. The van der Waals surface area contributed by atoms with Gasteiger partial charge in [0.1, 0.15) is 12.6 Å². The Bertz CT molecular complexity index is 1070. The summed E-state index contributed by atoms with van der Waals surface area (Å²) in [5.41, 5.74) is 2.21. The summed E-state index contributed by atoms with van der Waals surface area (Å²) in [4.78, 5) is 43.3. The van der Waals surface area contributed by atoms with E-state index in [0.29, 0.717) is 32.6 Å². The van der Waals surface area contributed by atoms with Crippen LogP contribution in [-0.2, 0) is 27.3 Å². The minimum absolute atomic E-state index is 0.000927. The summed E-state index contributed by atoms with van der Waals surface area (Å²) >= 11 is 0. The van der Waals surface area contributed by atoms with Crippen LogP contribution >= 0.6 is 0 Å². The van der Waals surface area contributed by atoms with Crippen molar-refractivity contribution in [1.82, 2.24) is 20.0 Å². The van der Waals surface area contributed by atoms with Crippen molar-refractivity contribution in [3.63, 3.8) is 0 Å². The molecule has 0 aromatic heterocycles. The molecular weight excluding hydrogens is 486 g/mol. The van der Waals surface area contributed by atoms with E-state index >= 15 is 0 Å². The van der Waals surface area contributed by atoms with Crippen LogP contribution in [0.4, 0.5) is 5.69 Å². The number of nitrogens with one attached hydrogen (secondary N) is 1. The Morgan fingerprint density at radius 3 is 2.55 bits per heavy atom. The zero-order valence-corrected chi connectivity index (χ0v) is 22.0. The predicted octanol–water partition coefficient (Wildman–Crippen LogP) is 2.08. The average Bonchev–Trinajstić information content (AvgIpc) is 3.19. The predicted molar refractivity (Wildman–Crippen MR) is 144 cm³/mol. The molecule has 2 aromatic carbocycles. The molecule has 4 rings (SSSR count). The van der Waals surface area contributed by atoms with Crippen LogP contribution in [0, 0.1) is 10.1 Å². The number of hydrogen-bond acceptors (Lipinski definition) is 7. The molecule has 204 valence electrons. The molecule has 2 saturated heterocycles. The van der Waals surface area contributed by atoms with Gasteiger partial charge in [-0.2, -0.15) is 0 Å². The fourth-order valence-electron chi connectivity index (χ4n) is 5.34. The number of nitrogens with zero attached hydrogens (tertiary/aromatic N) is 4. The Kier molecular flexibility index (Phi) is 9.80. The summed E-state index contributed by atoms with van der Waals surface area (Å²) in [7, 11) is 1.49. The van der Waals surface area contributed by atoms with Crippen LogP contribution in [0.25, 0.3) is 0 Å². The van der Waals surface area contributed by atoms with E-state index in [1.807, 2.05) is 23.1 Å². The highest BCUT2D eigenvalue weighted by Crippen LogP contribution is 2.27. The molecule has 2 amide bonds. The highest BCUT2D eigenvalue weighted by Gasteiger charge is 2.43. The van der Waals surface area contributed by atoms with Gasteiger partial charge in [-0.3, -0.25) is 24.6 Å². The highest BCUT2D eigenvalue weighted by atomic mass is 16.6. The first-order valence-electron chi connectivity index (χ1n) is 13.3. The van der Waals surface area contributed by atoms with E-state index in [-0.39, 0.29) is 30.2 Å². The molecule has 0 saturated carbocycles. The van der Waals surface area contributed by atoms with E-state index in [1.165, 1.54) is 24.8 Å². The van der Waals surface area contributed by atoms with Crippen molar-refractivity contribution in [2.75, 3.05) is 53.0 Å². The van der Waals surface area contributed by atoms with Crippen molar-refractivity contribution in [3.8, 4) is 0 Å². The topological polar surface area (TPSA) is 108 Å². The molecular formula is C28H37N5O5. The Balaban J connectivity index is 1.55. The van der Waals surface area contributed by atoms with Gasteiger partial charge in [0.2, 0.25) is 11.8 Å². The third kappa shape index (κ3) is 7.15. The van der Waals surface area contributed by atoms with Crippen LogP contribution in [-0.4, -0.2) is 96.5 Å². The van der Waals surface area contributed by atoms with Crippen molar-refractivity contribution in [1.29, 1.82) is 0 Å². The number of carbonyl (C=O) groups excluding carboxylic acids is 2. The lowest BCUT2D eigenvalue weighted by Crippen LogP contribution is -2.49. The molecule has 2 aliphatic heterocycles. The van der Waals surface area contributed by atoms with Crippen molar-refractivity contribution in [2.45, 2.75) is 37.9 Å². The maximum absolute atomic E-state index is 13.7. The lowest BCUT2D eigenvalue weighted by molar-refractivity contribution is -0.384. The van der Waals surface area contributed by atoms with Crippen LogP contribution in [0.15, 0.2) is 54.6 Å². The summed E-state index contributed by atoms with van der Waals surface area (Å²) in [6.07, 6.45) is 2.24. The molecule has 10 heteroatoms. The summed E-state index contributed by atoms with van der Waals surface area (Å²) < 4.78 is 5.14. The van der Waals surface area contributed by atoms with E-state index in [1.54, 1.807) is 17.0 Å². The van der Waals surface area contributed by atoms with Gasteiger partial charge in [0.05, 0.1) is 4.92 Å². The molecule has 2 heterocycles. The number of nitro benzene ring substituents is 1. The standard InChI is InChI=1S/C28H37N5O5/c1-38-21-27(34)32-20-25(18-26(32)28(35)30-15-5-13-29-14-17-30)31(16-12-22-6-3-2-4-7-22)19-23-8-10-24(11-9-23)33(36)37/h2-4,6-11,25-26,29H,5,12-21H2,1H3. The van der Waals surface area contributed by atoms with Gasteiger partial charge in [-0.15, -0.1) is 0 Å². The zero-order chi connectivity index (χ0) is 26.9. The summed E-state index contributed by atoms with van der Waals surface area (Å²) in [6, 6.07) is 16.2. The molecule has 10 nitrogen and oxygen atoms in total. The summed E-state index contributed by atoms with van der Waals surface area (Å²) in [6.45, 7) is 4.61. The molecule has 2 fully saturated rings. The third-order valence-corrected chi connectivity index (χ3v) is 7.38. The monoisotopic (exact) mass is 523 g/mol. The fraction of sp³-hybridized carbons (Fsp3) is 0.500. The average molecular weight is 524 g/mol. The quantitative estimate of drug-likeness (QED) is 0.375. The Labute approximate surface area is 223 Å². The van der Waals surface area contributed by atoms with E-state index in [4.69, 9.17) is 4.74 Å². The first-order chi connectivity index (χ1) is 18.5. The van der Waals surface area contributed by atoms with Gasteiger partial charge in [0, 0.05) is 64.6 Å². The second kappa shape index (κ2) is 13.5. The van der Waals surface area contributed by atoms with Crippen LogP contribution in [0.1, 0.15) is 24.0 Å². The minimum Gasteiger partial charge on any atom is -0.375 e. The van der Waals surface area contributed by atoms with Gasteiger partial charge in [-0.25, -0.2) is 0 Å². The Morgan fingerprint density at radius 1 is 1.08 bits per heavy atom. The number of amides is 2. The number of ether oxygens (including phenoxy) is 1. The second-order valence-corrected chi connectivity index (χ2v) is 9.94. The smallest absolute Gasteiger partial charge is 0.269 e. The van der Waals surface area contributed by atoms with Crippen molar-refractivity contribution < 1.29 is 19.2 Å². The number of non-ortho nitro benzene ring substituents is 1. The van der Waals surface area contributed by atoms with Crippen LogP contribution in [0.2, 0.25) is 0 Å². The number of rotatable bonds is 10. The zero-order valence-electron chi connectivity index (χ0n) is 22.0. The van der Waals surface area contributed by atoms with E-state index in [2.05, 4.69) is 22.3 Å². The first-order valence-corrected chi connectivity index (χ1v) is 13.3. The molecule has 2 atom stereocenters. The molecule has 1 N–H and O–H groups in total. The van der Waals surface area contributed by atoms with Gasteiger partial charge < -0.3 is 19.9 Å². The number of nitro groups is 1. The van der Waals surface area contributed by atoms with Gasteiger partial charge in [-0.1, -0.05) is 42.5 Å². The molecule has 0 radical (unpaired) electrons. The first kappa shape index (κ1) is 27.7. The molecule has 38 heavy (non-hydrogen) atoms. The summed E-state index contributed by atoms with van der Waals surface area (Å²) in [5.74, 6) is -0.182. The van der Waals surface area contributed by atoms with Crippen LogP contribution in [0.5, 0.6) is 0 Å². The van der Waals surface area contributed by atoms with Gasteiger partial charge in [0.15, 0.2) is 0 Å². The largest absolute Gasteiger partial charge is 0.375 e. The Hall–Kier alpha value is -3.34. The highest BCUT2D eigenvalue weighted by molar-refractivity contribution is 5.89. The molecule has 0 spiro atoms. The molecule has 2 unspecified atom stereocenters. The van der Waals surface area contributed by atoms with Crippen LogP contribution in [0.3, 0.4) is 0 Å². The molecule has 2 aliphatic rings. The van der Waals surface area contributed by atoms with E-state index < -0.39 is 11.0 Å². The number of methoxy groups -OCH3 is 1. The van der Waals surface area contributed by atoms with Crippen LogP contribution < -0.4 is 5.32 Å². The van der Waals surface area contributed by atoms with E-state index in [9.17, 15) is 19.7 Å². The molecule has 0 aliphatic carbocycles. The maximum Gasteiger partial charge on any atom is 0.269 e. The number of hydrogen-bond donors (Lipinski definition) is 1. The van der Waals surface area contributed by atoms with Gasteiger partial charge in [0.25, 0.3) is 5.69 Å². The molecule has 2 aromatic rings. The lowest BCUT2D eigenvalue weighted by Gasteiger charge is -2.29.